The summed E-state index contributed by atoms with van der Waals surface area (Å²) in [6.07, 6.45) is 5.09. The second-order valence-electron chi connectivity index (χ2n) is 3.85. The molecule has 90 valence electrons. The summed E-state index contributed by atoms with van der Waals surface area (Å²) in [5.41, 5.74) is 3.11. The smallest absolute Gasteiger partial charge is 0.123 e. The molecular formula is C12H12N6. The molecule has 0 atom stereocenters. The Morgan fingerprint density at radius 1 is 1.17 bits per heavy atom. The van der Waals surface area contributed by atoms with Crippen LogP contribution >= 0.6 is 0 Å². The number of aromatic amines is 1. The van der Waals surface area contributed by atoms with Gasteiger partial charge in [0.1, 0.15) is 12.7 Å². The molecule has 2 aromatic heterocycles. The average Bonchev–Trinajstić information content (AvgIpc) is 3.10. The zero-order chi connectivity index (χ0) is 12.2. The van der Waals surface area contributed by atoms with E-state index in [1.165, 1.54) is 0 Å². The number of nitrogens with zero attached hydrogens (tertiary/aromatic N) is 4. The molecule has 0 aliphatic heterocycles. The van der Waals surface area contributed by atoms with Gasteiger partial charge >= 0.3 is 0 Å². The Bertz CT molecular complexity index is 599. The Morgan fingerprint density at radius 3 is 2.83 bits per heavy atom. The number of rotatable bonds is 4. The van der Waals surface area contributed by atoms with Gasteiger partial charge in [0, 0.05) is 11.9 Å². The Kier molecular flexibility index (Phi) is 2.75. The highest BCUT2D eigenvalue weighted by atomic mass is 15.2. The molecule has 0 aliphatic rings. The lowest BCUT2D eigenvalue weighted by atomic mass is 10.2. The molecule has 3 rings (SSSR count). The van der Waals surface area contributed by atoms with Gasteiger partial charge in [-0.15, -0.1) is 10.2 Å². The monoisotopic (exact) mass is 240 g/mol. The van der Waals surface area contributed by atoms with Crippen LogP contribution < -0.4 is 5.32 Å². The SMILES string of the molecule is c1cc(NCc2ccn[nH]2)cc(-n2cnnc2)c1. The van der Waals surface area contributed by atoms with Crippen LogP contribution in [-0.4, -0.2) is 25.0 Å². The van der Waals surface area contributed by atoms with Crippen LogP contribution in [0.15, 0.2) is 49.2 Å². The Balaban J connectivity index is 1.75. The largest absolute Gasteiger partial charge is 0.379 e. The van der Waals surface area contributed by atoms with Crippen molar-refractivity contribution in [3.05, 3.63) is 54.9 Å². The maximum absolute atomic E-state index is 3.91. The van der Waals surface area contributed by atoms with Crippen molar-refractivity contribution in [2.45, 2.75) is 6.54 Å². The number of aromatic nitrogens is 5. The Labute approximate surface area is 104 Å². The minimum Gasteiger partial charge on any atom is -0.379 e. The molecule has 6 heteroatoms. The average molecular weight is 240 g/mol. The molecular weight excluding hydrogens is 228 g/mol. The summed E-state index contributed by atoms with van der Waals surface area (Å²) in [7, 11) is 0. The van der Waals surface area contributed by atoms with Gasteiger partial charge in [-0.1, -0.05) is 6.07 Å². The van der Waals surface area contributed by atoms with Gasteiger partial charge in [0.15, 0.2) is 0 Å². The van der Waals surface area contributed by atoms with Gasteiger partial charge in [-0.05, 0) is 24.3 Å². The first-order valence-electron chi connectivity index (χ1n) is 5.59. The van der Waals surface area contributed by atoms with E-state index in [1.54, 1.807) is 18.9 Å². The second kappa shape index (κ2) is 4.70. The summed E-state index contributed by atoms with van der Waals surface area (Å²) in [4.78, 5) is 0. The quantitative estimate of drug-likeness (QED) is 0.726. The lowest BCUT2D eigenvalue weighted by Gasteiger charge is -2.07. The highest BCUT2D eigenvalue weighted by molar-refractivity contribution is 5.51. The van der Waals surface area contributed by atoms with Gasteiger partial charge in [0.2, 0.25) is 0 Å². The molecule has 0 amide bonds. The van der Waals surface area contributed by atoms with Crippen LogP contribution in [0.1, 0.15) is 5.69 Å². The van der Waals surface area contributed by atoms with Gasteiger partial charge in [-0.2, -0.15) is 5.10 Å². The van der Waals surface area contributed by atoms with E-state index < -0.39 is 0 Å². The first-order chi connectivity index (χ1) is 8.92. The van der Waals surface area contributed by atoms with Crippen LogP contribution in [0.2, 0.25) is 0 Å². The van der Waals surface area contributed by atoms with Gasteiger partial charge in [-0.3, -0.25) is 9.67 Å². The molecule has 0 fully saturated rings. The molecule has 3 aromatic rings. The molecule has 18 heavy (non-hydrogen) atoms. The zero-order valence-corrected chi connectivity index (χ0v) is 9.61. The molecule has 0 bridgehead atoms. The third-order valence-corrected chi connectivity index (χ3v) is 2.60. The fraction of sp³-hybridized carbons (Fsp3) is 0.0833. The van der Waals surface area contributed by atoms with Crippen molar-refractivity contribution >= 4 is 5.69 Å². The molecule has 0 radical (unpaired) electrons. The maximum Gasteiger partial charge on any atom is 0.123 e. The van der Waals surface area contributed by atoms with Crippen LogP contribution in [0.25, 0.3) is 5.69 Å². The van der Waals surface area contributed by atoms with Crippen molar-refractivity contribution in [2.75, 3.05) is 5.32 Å². The predicted octanol–water partition coefficient (Wildman–Crippen LogP) is 1.60. The maximum atomic E-state index is 3.91. The fourth-order valence-electron chi connectivity index (χ4n) is 1.69. The molecule has 1 aromatic carbocycles. The number of nitrogens with one attached hydrogen (secondary N) is 2. The summed E-state index contributed by atoms with van der Waals surface area (Å²) in [6.45, 7) is 0.714. The van der Waals surface area contributed by atoms with Crippen molar-refractivity contribution in [1.29, 1.82) is 0 Å². The number of anilines is 1. The van der Waals surface area contributed by atoms with Gasteiger partial charge in [0.25, 0.3) is 0 Å². The highest BCUT2D eigenvalue weighted by Crippen LogP contribution is 2.14. The van der Waals surface area contributed by atoms with E-state index in [0.29, 0.717) is 6.54 Å². The van der Waals surface area contributed by atoms with Crippen molar-refractivity contribution in [2.24, 2.45) is 0 Å². The van der Waals surface area contributed by atoms with Crippen LogP contribution in [-0.2, 0) is 6.54 Å². The van der Waals surface area contributed by atoms with E-state index in [1.807, 2.05) is 34.9 Å². The van der Waals surface area contributed by atoms with Gasteiger partial charge < -0.3 is 5.32 Å². The Hall–Kier alpha value is -2.63. The van der Waals surface area contributed by atoms with Crippen molar-refractivity contribution < 1.29 is 0 Å². The van der Waals surface area contributed by atoms with E-state index in [2.05, 4.69) is 25.7 Å². The topological polar surface area (TPSA) is 71.4 Å². The molecule has 0 spiro atoms. The summed E-state index contributed by atoms with van der Waals surface area (Å²) in [6, 6.07) is 10.00. The number of H-pyrrole nitrogens is 1. The third-order valence-electron chi connectivity index (χ3n) is 2.60. The van der Waals surface area contributed by atoms with Crippen LogP contribution in [0, 0.1) is 0 Å². The summed E-state index contributed by atoms with van der Waals surface area (Å²) >= 11 is 0. The molecule has 0 unspecified atom stereocenters. The molecule has 6 nitrogen and oxygen atoms in total. The van der Waals surface area contributed by atoms with Gasteiger partial charge in [0.05, 0.1) is 17.9 Å². The predicted molar refractivity (Wildman–Crippen MR) is 67.3 cm³/mol. The second-order valence-corrected chi connectivity index (χ2v) is 3.85. The van der Waals surface area contributed by atoms with Crippen LogP contribution in [0.5, 0.6) is 0 Å². The van der Waals surface area contributed by atoms with E-state index >= 15 is 0 Å². The molecule has 2 N–H and O–H groups in total. The first-order valence-corrected chi connectivity index (χ1v) is 5.59. The lowest BCUT2D eigenvalue weighted by molar-refractivity contribution is 0.980. The van der Waals surface area contributed by atoms with Crippen LogP contribution in [0.3, 0.4) is 0 Å². The number of hydrogen-bond donors (Lipinski definition) is 2. The third kappa shape index (κ3) is 2.22. The molecule has 2 heterocycles. The van der Waals surface area contributed by atoms with Gasteiger partial charge in [-0.25, -0.2) is 0 Å². The zero-order valence-electron chi connectivity index (χ0n) is 9.61. The number of benzene rings is 1. The lowest BCUT2D eigenvalue weighted by Crippen LogP contribution is -2.00. The highest BCUT2D eigenvalue weighted by Gasteiger charge is 1.99. The summed E-state index contributed by atoms with van der Waals surface area (Å²) < 4.78 is 1.86. The standard InChI is InChI=1S/C12H12N6/c1-2-10(13-7-11-4-5-14-17-11)6-12(3-1)18-8-15-16-9-18/h1-6,8-9,13H,7H2,(H,14,17). The van der Waals surface area contributed by atoms with E-state index in [0.717, 1.165) is 17.1 Å². The van der Waals surface area contributed by atoms with Crippen molar-refractivity contribution in [1.82, 2.24) is 25.0 Å². The minimum atomic E-state index is 0.714. The molecule has 0 saturated carbocycles. The van der Waals surface area contributed by atoms with E-state index in [-0.39, 0.29) is 0 Å². The van der Waals surface area contributed by atoms with Crippen LogP contribution in [0.4, 0.5) is 5.69 Å². The van der Waals surface area contributed by atoms with E-state index in [4.69, 9.17) is 0 Å². The molecule has 0 aliphatic carbocycles. The summed E-state index contributed by atoms with van der Waals surface area (Å²) in [5, 5.41) is 17.7. The normalized spacial score (nSPS) is 10.4. The van der Waals surface area contributed by atoms with Crippen molar-refractivity contribution in [3.8, 4) is 5.69 Å². The summed E-state index contributed by atoms with van der Waals surface area (Å²) in [5.74, 6) is 0. The Morgan fingerprint density at radius 2 is 2.06 bits per heavy atom. The minimum absolute atomic E-state index is 0.714. The number of hydrogen-bond acceptors (Lipinski definition) is 4. The fourth-order valence-corrected chi connectivity index (χ4v) is 1.69. The molecule has 0 saturated heterocycles. The van der Waals surface area contributed by atoms with Crippen molar-refractivity contribution in [3.63, 3.8) is 0 Å². The van der Waals surface area contributed by atoms with E-state index in [9.17, 15) is 0 Å². The first kappa shape index (κ1) is 10.5.